The van der Waals surface area contributed by atoms with Crippen LogP contribution >= 0.6 is 11.8 Å². The molecule has 94 valence electrons. The van der Waals surface area contributed by atoms with E-state index in [0.717, 1.165) is 18.1 Å². The standard InChI is InChI=1S/C13H26N2S/c1-15-12-5-3-6-13(15)10-11(9-12)14-7-4-8-16-2/h11-14H,3-10H2,1-2H3. The van der Waals surface area contributed by atoms with Gasteiger partial charge in [0.2, 0.25) is 0 Å². The van der Waals surface area contributed by atoms with E-state index in [4.69, 9.17) is 0 Å². The molecule has 2 fully saturated rings. The highest BCUT2D eigenvalue weighted by Crippen LogP contribution is 2.32. The topological polar surface area (TPSA) is 15.3 Å². The summed E-state index contributed by atoms with van der Waals surface area (Å²) in [6.07, 6.45) is 10.6. The zero-order valence-corrected chi connectivity index (χ0v) is 11.6. The van der Waals surface area contributed by atoms with Gasteiger partial charge in [-0.15, -0.1) is 0 Å². The average molecular weight is 242 g/mol. The number of fused-ring (bicyclic) bond motifs is 2. The zero-order chi connectivity index (χ0) is 11.4. The Morgan fingerprint density at radius 3 is 2.56 bits per heavy atom. The van der Waals surface area contributed by atoms with Gasteiger partial charge in [-0.25, -0.2) is 0 Å². The van der Waals surface area contributed by atoms with Crippen LogP contribution in [0, 0.1) is 0 Å². The monoisotopic (exact) mass is 242 g/mol. The molecular weight excluding hydrogens is 216 g/mol. The fraction of sp³-hybridized carbons (Fsp3) is 1.00. The van der Waals surface area contributed by atoms with Crippen molar-refractivity contribution in [3.8, 4) is 0 Å². The van der Waals surface area contributed by atoms with Crippen LogP contribution in [-0.4, -0.2) is 48.6 Å². The minimum absolute atomic E-state index is 0.799. The van der Waals surface area contributed by atoms with E-state index in [1.807, 2.05) is 11.8 Å². The van der Waals surface area contributed by atoms with Gasteiger partial charge in [-0.3, -0.25) is 0 Å². The maximum atomic E-state index is 3.77. The van der Waals surface area contributed by atoms with Gasteiger partial charge in [-0.1, -0.05) is 6.42 Å². The molecule has 3 heteroatoms. The first kappa shape index (κ1) is 12.7. The first-order chi connectivity index (χ1) is 7.81. The van der Waals surface area contributed by atoms with Gasteiger partial charge in [0.15, 0.2) is 0 Å². The number of hydrogen-bond acceptors (Lipinski definition) is 3. The molecule has 2 rings (SSSR count). The van der Waals surface area contributed by atoms with Crippen molar-refractivity contribution in [1.29, 1.82) is 0 Å². The van der Waals surface area contributed by atoms with Gasteiger partial charge in [-0.05, 0) is 57.7 Å². The molecule has 2 atom stereocenters. The molecule has 0 spiro atoms. The van der Waals surface area contributed by atoms with Crippen molar-refractivity contribution in [2.24, 2.45) is 0 Å². The first-order valence-corrected chi connectivity index (χ1v) is 8.15. The van der Waals surface area contributed by atoms with E-state index >= 15 is 0 Å². The van der Waals surface area contributed by atoms with E-state index in [1.165, 1.54) is 50.8 Å². The summed E-state index contributed by atoms with van der Waals surface area (Å²) in [7, 11) is 2.33. The number of thioether (sulfide) groups is 1. The lowest BCUT2D eigenvalue weighted by Crippen LogP contribution is -2.54. The van der Waals surface area contributed by atoms with Crippen LogP contribution in [-0.2, 0) is 0 Å². The molecular formula is C13H26N2S. The lowest BCUT2D eigenvalue weighted by atomic mass is 9.82. The minimum atomic E-state index is 0.799. The molecule has 2 aliphatic rings. The van der Waals surface area contributed by atoms with E-state index in [-0.39, 0.29) is 0 Å². The number of piperidine rings is 2. The molecule has 0 aromatic carbocycles. The SMILES string of the molecule is CSCCCNC1CC2CCCC(C1)N2C. The Morgan fingerprint density at radius 2 is 1.94 bits per heavy atom. The highest BCUT2D eigenvalue weighted by atomic mass is 32.2. The van der Waals surface area contributed by atoms with Gasteiger partial charge in [-0.2, -0.15) is 11.8 Å². The van der Waals surface area contributed by atoms with Gasteiger partial charge in [0.1, 0.15) is 0 Å². The lowest BCUT2D eigenvalue weighted by molar-refractivity contribution is 0.0488. The normalized spacial score (nSPS) is 35.2. The molecule has 0 aliphatic carbocycles. The van der Waals surface area contributed by atoms with E-state index in [0.29, 0.717) is 0 Å². The number of rotatable bonds is 5. The van der Waals surface area contributed by atoms with Crippen LogP contribution in [0.2, 0.25) is 0 Å². The average Bonchev–Trinajstić information content (AvgIpc) is 2.25. The summed E-state index contributed by atoms with van der Waals surface area (Å²) < 4.78 is 0. The van der Waals surface area contributed by atoms with E-state index < -0.39 is 0 Å². The van der Waals surface area contributed by atoms with Gasteiger partial charge in [0.25, 0.3) is 0 Å². The van der Waals surface area contributed by atoms with Gasteiger partial charge < -0.3 is 10.2 Å². The van der Waals surface area contributed by atoms with Crippen molar-refractivity contribution >= 4 is 11.8 Å². The number of nitrogens with zero attached hydrogens (tertiary/aromatic N) is 1. The Hall–Kier alpha value is 0.270. The van der Waals surface area contributed by atoms with Crippen LogP contribution < -0.4 is 5.32 Å². The second-order valence-corrected chi connectivity index (χ2v) is 6.36. The molecule has 0 radical (unpaired) electrons. The first-order valence-electron chi connectivity index (χ1n) is 6.75. The summed E-state index contributed by atoms with van der Waals surface area (Å²) in [4.78, 5) is 2.64. The third-order valence-corrected chi connectivity index (χ3v) is 4.99. The molecule has 2 unspecified atom stereocenters. The number of nitrogens with one attached hydrogen (secondary N) is 1. The Labute approximate surface area is 105 Å². The zero-order valence-electron chi connectivity index (χ0n) is 10.7. The van der Waals surface area contributed by atoms with E-state index in [2.05, 4.69) is 23.5 Å². The van der Waals surface area contributed by atoms with Crippen molar-refractivity contribution in [2.45, 2.75) is 56.7 Å². The van der Waals surface area contributed by atoms with Crippen LogP contribution in [0.3, 0.4) is 0 Å². The summed E-state index contributed by atoms with van der Waals surface area (Å²) in [5.74, 6) is 1.30. The largest absolute Gasteiger partial charge is 0.314 e. The maximum absolute atomic E-state index is 3.77. The van der Waals surface area contributed by atoms with Crippen molar-refractivity contribution in [1.82, 2.24) is 10.2 Å². The molecule has 16 heavy (non-hydrogen) atoms. The van der Waals surface area contributed by atoms with Crippen LogP contribution in [0.1, 0.15) is 38.5 Å². The summed E-state index contributed by atoms with van der Waals surface area (Å²) >= 11 is 1.96. The third-order valence-electron chi connectivity index (χ3n) is 4.30. The van der Waals surface area contributed by atoms with Crippen LogP contribution in [0.4, 0.5) is 0 Å². The third kappa shape index (κ3) is 3.14. The Bertz CT molecular complexity index is 196. The van der Waals surface area contributed by atoms with E-state index in [9.17, 15) is 0 Å². The van der Waals surface area contributed by atoms with Gasteiger partial charge in [0, 0.05) is 18.1 Å². The summed E-state index contributed by atoms with van der Waals surface area (Å²) in [6.45, 7) is 1.22. The Balaban J connectivity index is 1.72. The fourth-order valence-corrected chi connectivity index (χ4v) is 3.74. The molecule has 2 saturated heterocycles. The maximum Gasteiger partial charge on any atom is 0.0110 e. The predicted octanol–water partition coefficient (Wildman–Crippen LogP) is 2.34. The van der Waals surface area contributed by atoms with Crippen molar-refractivity contribution in [3.05, 3.63) is 0 Å². The number of hydrogen-bond donors (Lipinski definition) is 1. The predicted molar refractivity (Wildman–Crippen MR) is 73.2 cm³/mol. The van der Waals surface area contributed by atoms with Gasteiger partial charge >= 0.3 is 0 Å². The molecule has 2 bridgehead atoms. The summed E-state index contributed by atoms with van der Waals surface area (Å²) in [6, 6.07) is 2.53. The molecule has 2 nitrogen and oxygen atoms in total. The summed E-state index contributed by atoms with van der Waals surface area (Å²) in [5, 5.41) is 3.77. The van der Waals surface area contributed by atoms with Crippen molar-refractivity contribution in [3.63, 3.8) is 0 Å². The van der Waals surface area contributed by atoms with Crippen molar-refractivity contribution < 1.29 is 0 Å². The lowest BCUT2D eigenvalue weighted by Gasteiger charge is -2.47. The summed E-state index contributed by atoms with van der Waals surface area (Å²) in [5.41, 5.74) is 0. The smallest absolute Gasteiger partial charge is 0.0110 e. The van der Waals surface area contributed by atoms with Crippen LogP contribution in [0.25, 0.3) is 0 Å². The van der Waals surface area contributed by atoms with Gasteiger partial charge in [0.05, 0.1) is 0 Å². The molecule has 2 aliphatic heterocycles. The molecule has 2 heterocycles. The molecule has 0 aromatic rings. The van der Waals surface area contributed by atoms with Crippen LogP contribution in [0.15, 0.2) is 0 Å². The minimum Gasteiger partial charge on any atom is -0.314 e. The second-order valence-electron chi connectivity index (χ2n) is 5.37. The molecule has 0 amide bonds. The Morgan fingerprint density at radius 1 is 1.25 bits per heavy atom. The fourth-order valence-electron chi connectivity index (χ4n) is 3.31. The second kappa shape index (κ2) is 6.27. The molecule has 0 saturated carbocycles. The molecule has 0 aromatic heterocycles. The van der Waals surface area contributed by atoms with E-state index in [1.54, 1.807) is 0 Å². The van der Waals surface area contributed by atoms with Crippen LogP contribution in [0.5, 0.6) is 0 Å². The Kier molecular flexibility index (Phi) is 4.98. The molecule has 1 N–H and O–H groups in total. The van der Waals surface area contributed by atoms with Crippen molar-refractivity contribution in [2.75, 3.05) is 25.6 Å². The highest BCUT2D eigenvalue weighted by molar-refractivity contribution is 7.98. The quantitative estimate of drug-likeness (QED) is 0.745. The highest BCUT2D eigenvalue weighted by Gasteiger charge is 2.35.